The van der Waals surface area contributed by atoms with Gasteiger partial charge in [0.05, 0.1) is 28.6 Å². The Morgan fingerprint density at radius 3 is 2.26 bits per heavy atom. The number of carbonyl (C=O) groups is 2. The van der Waals surface area contributed by atoms with Gasteiger partial charge in [-0.05, 0) is 73.7 Å². The molecule has 1 saturated carbocycles. The van der Waals surface area contributed by atoms with Crippen molar-refractivity contribution < 1.29 is 22.7 Å². The molecule has 0 unspecified atom stereocenters. The average Bonchev–Trinajstić information content (AvgIpc) is 3.03. The summed E-state index contributed by atoms with van der Waals surface area (Å²) in [7, 11) is -3.63. The van der Waals surface area contributed by atoms with E-state index in [2.05, 4.69) is 5.32 Å². The number of ether oxygens (including phenoxy) is 1. The van der Waals surface area contributed by atoms with E-state index in [0.717, 1.165) is 49.5 Å². The quantitative estimate of drug-likeness (QED) is 0.185. The lowest BCUT2D eigenvalue weighted by atomic mass is 9.94. The minimum atomic E-state index is -3.63. The van der Waals surface area contributed by atoms with Crippen molar-refractivity contribution in [1.82, 2.24) is 10.2 Å². The number of nitrogens with one attached hydrogen (secondary N) is 1. The van der Waals surface area contributed by atoms with Crippen molar-refractivity contribution in [3.8, 4) is 5.75 Å². The fourth-order valence-corrected chi connectivity index (χ4v) is 7.10. The number of nitrogens with zero attached hydrogens (tertiary/aromatic N) is 2. The van der Waals surface area contributed by atoms with E-state index in [4.69, 9.17) is 27.9 Å². The minimum Gasteiger partial charge on any atom is -0.494 e. The highest BCUT2D eigenvalue weighted by molar-refractivity contribution is 7.92. The van der Waals surface area contributed by atoms with Crippen LogP contribution in [0.3, 0.4) is 0 Å². The Hall–Kier alpha value is -3.27. The summed E-state index contributed by atoms with van der Waals surface area (Å²) < 4.78 is 32.3. The van der Waals surface area contributed by atoms with Gasteiger partial charge in [0.1, 0.15) is 11.8 Å². The Morgan fingerprint density at radius 1 is 0.935 bits per heavy atom. The van der Waals surface area contributed by atoms with E-state index in [1.165, 1.54) is 4.31 Å². The standard InChI is InChI=1S/C35H43Cl2N3O5S/c1-3-45-30-19-17-29(18-20-30)40(46(2,43)44)22-10-15-34(41)39(25-27-16-21-31(36)32(37)23-27)33(24-26-11-6-4-7-12-26)35(42)38-28-13-8-5-9-14-28/h4,6-7,11-12,16-21,23,28,33H,3,5,8-10,13-15,22,24-25H2,1-2H3,(H,38,42)/t33-/m0/s1. The predicted octanol–water partition coefficient (Wildman–Crippen LogP) is 7.03. The molecule has 1 N–H and O–H groups in total. The summed E-state index contributed by atoms with van der Waals surface area (Å²) in [6.07, 6.45) is 6.86. The van der Waals surface area contributed by atoms with Gasteiger partial charge in [0.2, 0.25) is 21.8 Å². The molecule has 0 bridgehead atoms. The zero-order chi connectivity index (χ0) is 33.1. The molecule has 11 heteroatoms. The van der Waals surface area contributed by atoms with Crippen molar-refractivity contribution >= 4 is 50.7 Å². The first-order valence-electron chi connectivity index (χ1n) is 15.8. The highest BCUT2D eigenvalue weighted by Gasteiger charge is 2.32. The van der Waals surface area contributed by atoms with Crippen LogP contribution in [-0.2, 0) is 32.6 Å². The summed E-state index contributed by atoms with van der Waals surface area (Å²) in [5.41, 5.74) is 2.15. The molecule has 1 aliphatic rings. The smallest absolute Gasteiger partial charge is 0.243 e. The first-order chi connectivity index (χ1) is 22.0. The van der Waals surface area contributed by atoms with E-state index in [-0.39, 0.29) is 43.8 Å². The van der Waals surface area contributed by atoms with Crippen molar-refractivity contribution in [2.24, 2.45) is 0 Å². The maximum Gasteiger partial charge on any atom is 0.243 e. The van der Waals surface area contributed by atoms with E-state index >= 15 is 0 Å². The van der Waals surface area contributed by atoms with E-state index in [0.29, 0.717) is 34.5 Å². The lowest BCUT2D eigenvalue weighted by Crippen LogP contribution is -2.52. The molecule has 8 nitrogen and oxygen atoms in total. The molecule has 0 aliphatic heterocycles. The molecule has 3 aromatic carbocycles. The van der Waals surface area contributed by atoms with Crippen molar-refractivity contribution in [2.45, 2.75) is 76.9 Å². The number of rotatable bonds is 15. The molecule has 0 aromatic heterocycles. The summed E-state index contributed by atoms with van der Waals surface area (Å²) in [5.74, 6) is 0.186. The molecule has 0 spiro atoms. The van der Waals surface area contributed by atoms with Gasteiger partial charge in [-0.25, -0.2) is 8.42 Å². The Labute approximate surface area is 283 Å². The van der Waals surface area contributed by atoms with Crippen LogP contribution < -0.4 is 14.4 Å². The topological polar surface area (TPSA) is 96.0 Å². The van der Waals surface area contributed by atoms with Gasteiger partial charge in [-0.3, -0.25) is 13.9 Å². The summed E-state index contributed by atoms with van der Waals surface area (Å²) in [6.45, 7) is 2.61. The number of amides is 2. The van der Waals surface area contributed by atoms with Crippen LogP contribution in [0.1, 0.15) is 63.0 Å². The molecule has 0 saturated heterocycles. The van der Waals surface area contributed by atoms with Crippen LogP contribution in [0.4, 0.5) is 5.69 Å². The third kappa shape index (κ3) is 10.4. The first-order valence-corrected chi connectivity index (χ1v) is 18.4. The minimum absolute atomic E-state index is 0.0341. The molecule has 3 aromatic rings. The van der Waals surface area contributed by atoms with Crippen LogP contribution in [0.5, 0.6) is 5.75 Å². The van der Waals surface area contributed by atoms with Gasteiger partial charge in [-0.2, -0.15) is 0 Å². The summed E-state index contributed by atoms with van der Waals surface area (Å²) >= 11 is 12.5. The fourth-order valence-electron chi connectivity index (χ4n) is 5.81. The second-order valence-electron chi connectivity index (χ2n) is 11.7. The summed E-state index contributed by atoms with van der Waals surface area (Å²) in [5, 5.41) is 3.99. The SMILES string of the molecule is CCOc1ccc(N(CCCC(=O)N(Cc2ccc(Cl)c(Cl)c2)[C@@H](Cc2ccccc2)C(=O)NC2CCCCC2)S(C)(=O)=O)cc1. The van der Waals surface area contributed by atoms with Crippen molar-refractivity contribution in [3.05, 3.63) is 94.0 Å². The molecule has 46 heavy (non-hydrogen) atoms. The number of hydrogen-bond acceptors (Lipinski definition) is 5. The molecule has 0 radical (unpaired) electrons. The molecular formula is C35H43Cl2N3O5S. The second-order valence-corrected chi connectivity index (χ2v) is 14.4. The normalized spacial score (nSPS) is 14.3. The van der Waals surface area contributed by atoms with Crippen LogP contribution in [0.15, 0.2) is 72.8 Å². The van der Waals surface area contributed by atoms with E-state index < -0.39 is 16.1 Å². The van der Waals surface area contributed by atoms with Crippen LogP contribution in [-0.4, -0.2) is 56.6 Å². The maximum absolute atomic E-state index is 14.1. The molecule has 0 heterocycles. The third-order valence-corrected chi connectivity index (χ3v) is 10.1. The van der Waals surface area contributed by atoms with Gasteiger partial charge in [-0.1, -0.05) is 78.9 Å². The number of carbonyl (C=O) groups excluding carboxylic acids is 2. The zero-order valence-electron chi connectivity index (χ0n) is 26.5. The lowest BCUT2D eigenvalue weighted by molar-refractivity contribution is -0.141. The zero-order valence-corrected chi connectivity index (χ0v) is 28.8. The van der Waals surface area contributed by atoms with E-state index in [1.54, 1.807) is 47.4 Å². The largest absolute Gasteiger partial charge is 0.494 e. The van der Waals surface area contributed by atoms with Gasteiger partial charge in [0, 0.05) is 32.0 Å². The number of hydrogen-bond donors (Lipinski definition) is 1. The van der Waals surface area contributed by atoms with Crippen LogP contribution >= 0.6 is 23.2 Å². The Kier molecular flexibility index (Phi) is 13.2. The maximum atomic E-state index is 14.1. The van der Waals surface area contributed by atoms with Crippen molar-refractivity contribution in [1.29, 1.82) is 0 Å². The molecule has 4 rings (SSSR count). The molecule has 1 aliphatic carbocycles. The van der Waals surface area contributed by atoms with Crippen LogP contribution in [0, 0.1) is 0 Å². The van der Waals surface area contributed by atoms with Crippen LogP contribution in [0.2, 0.25) is 10.0 Å². The number of halogens is 2. The van der Waals surface area contributed by atoms with Gasteiger partial charge in [-0.15, -0.1) is 0 Å². The molecular weight excluding hydrogens is 645 g/mol. The molecule has 2 amide bonds. The lowest BCUT2D eigenvalue weighted by Gasteiger charge is -2.34. The Balaban J connectivity index is 1.59. The third-order valence-electron chi connectivity index (χ3n) is 8.15. The molecule has 1 atom stereocenters. The second kappa shape index (κ2) is 17.0. The molecule has 1 fully saturated rings. The van der Waals surface area contributed by atoms with E-state index in [9.17, 15) is 18.0 Å². The van der Waals surface area contributed by atoms with E-state index in [1.807, 2.05) is 37.3 Å². The summed E-state index contributed by atoms with van der Waals surface area (Å²) in [4.78, 5) is 29.7. The average molecular weight is 689 g/mol. The van der Waals surface area contributed by atoms with Crippen molar-refractivity contribution in [2.75, 3.05) is 23.7 Å². The monoisotopic (exact) mass is 687 g/mol. The number of benzene rings is 3. The number of sulfonamides is 1. The van der Waals surface area contributed by atoms with Gasteiger partial charge in [0.25, 0.3) is 0 Å². The Morgan fingerprint density at radius 2 is 1.63 bits per heavy atom. The van der Waals surface area contributed by atoms with Crippen LogP contribution in [0.25, 0.3) is 0 Å². The fraction of sp³-hybridized carbons (Fsp3) is 0.429. The molecule has 248 valence electrons. The highest BCUT2D eigenvalue weighted by Crippen LogP contribution is 2.26. The predicted molar refractivity (Wildman–Crippen MR) is 185 cm³/mol. The van der Waals surface area contributed by atoms with Gasteiger partial charge < -0.3 is 15.0 Å². The first kappa shape index (κ1) is 35.6. The van der Waals surface area contributed by atoms with Gasteiger partial charge in [0.15, 0.2) is 0 Å². The Bertz CT molecular complexity index is 1550. The van der Waals surface area contributed by atoms with Gasteiger partial charge >= 0.3 is 0 Å². The van der Waals surface area contributed by atoms with Crippen molar-refractivity contribution in [3.63, 3.8) is 0 Å². The number of anilines is 1. The summed E-state index contributed by atoms with van der Waals surface area (Å²) in [6, 6.07) is 20.9. The highest BCUT2D eigenvalue weighted by atomic mass is 35.5.